The number of nitrogens with one attached hydrogen (secondary N) is 2. The molecule has 1 aromatic rings. The lowest BCUT2D eigenvalue weighted by Crippen LogP contribution is -2.53. The third-order valence-corrected chi connectivity index (χ3v) is 4.38. The predicted octanol–water partition coefficient (Wildman–Crippen LogP) is 0.471. The van der Waals surface area contributed by atoms with Crippen LogP contribution in [-0.2, 0) is 4.79 Å². The number of piperazine rings is 1. The number of amides is 1. The van der Waals surface area contributed by atoms with Crippen molar-refractivity contribution in [2.45, 2.75) is 13.8 Å². The fourth-order valence-electron chi connectivity index (χ4n) is 2.58. The molecule has 0 aliphatic carbocycles. The number of methoxy groups -OCH3 is 1. The van der Waals surface area contributed by atoms with Crippen LogP contribution in [-0.4, -0.2) is 79.7 Å². The largest absolute Gasteiger partial charge is 0.480 e. The molecule has 1 fully saturated rings. The monoisotopic (exact) mass is 427 g/mol. The Hall–Kier alpha value is -2.10. The van der Waals surface area contributed by atoms with E-state index in [0.717, 1.165) is 43.2 Å². The third-order valence-electron chi connectivity index (χ3n) is 3.84. The summed E-state index contributed by atoms with van der Waals surface area (Å²) in [5.74, 6) is 1.85. The van der Waals surface area contributed by atoms with Crippen molar-refractivity contribution in [2.75, 3.05) is 57.8 Å². The molecule has 0 saturated carbocycles. The van der Waals surface area contributed by atoms with Gasteiger partial charge in [-0.2, -0.15) is 4.98 Å². The van der Waals surface area contributed by atoms with Gasteiger partial charge in [0, 0.05) is 39.3 Å². The van der Waals surface area contributed by atoms with Crippen molar-refractivity contribution in [3.05, 3.63) is 10.7 Å². The highest BCUT2D eigenvalue weighted by atomic mass is 79.9. The summed E-state index contributed by atoms with van der Waals surface area (Å²) in [6, 6.07) is 0. The van der Waals surface area contributed by atoms with Gasteiger partial charge in [0.1, 0.15) is 6.54 Å². The fourth-order valence-corrected chi connectivity index (χ4v) is 2.93. The minimum atomic E-state index is -0.0723. The summed E-state index contributed by atoms with van der Waals surface area (Å²) >= 11 is 3.37. The van der Waals surface area contributed by atoms with Crippen molar-refractivity contribution in [2.24, 2.45) is 4.99 Å². The highest BCUT2D eigenvalue weighted by molar-refractivity contribution is 9.10. The van der Waals surface area contributed by atoms with Crippen molar-refractivity contribution >= 4 is 33.7 Å². The molecule has 1 amide bonds. The van der Waals surface area contributed by atoms with Gasteiger partial charge >= 0.3 is 0 Å². The smallest absolute Gasteiger partial charge is 0.241 e. The van der Waals surface area contributed by atoms with Crippen molar-refractivity contribution in [3.63, 3.8) is 0 Å². The van der Waals surface area contributed by atoms with Gasteiger partial charge < -0.3 is 25.2 Å². The van der Waals surface area contributed by atoms with E-state index >= 15 is 0 Å². The van der Waals surface area contributed by atoms with E-state index in [0.29, 0.717) is 18.4 Å². The van der Waals surface area contributed by atoms with Crippen LogP contribution in [0.15, 0.2) is 15.7 Å². The summed E-state index contributed by atoms with van der Waals surface area (Å²) in [6.45, 7) is 8.45. The first-order valence-corrected chi connectivity index (χ1v) is 9.49. The average molecular weight is 428 g/mol. The fraction of sp³-hybridized carbons (Fsp3) is 0.625. The molecule has 1 aliphatic rings. The Labute approximate surface area is 162 Å². The summed E-state index contributed by atoms with van der Waals surface area (Å²) in [6.07, 6.45) is 1.70. The summed E-state index contributed by atoms with van der Waals surface area (Å²) in [4.78, 5) is 29.1. The predicted molar refractivity (Wildman–Crippen MR) is 105 cm³/mol. The van der Waals surface area contributed by atoms with E-state index in [1.807, 2.05) is 13.8 Å². The van der Waals surface area contributed by atoms with Gasteiger partial charge in [-0.05, 0) is 29.8 Å². The summed E-state index contributed by atoms with van der Waals surface area (Å²) in [5, 5.41) is 6.01. The Morgan fingerprint density at radius 1 is 1.27 bits per heavy atom. The number of nitrogens with zero attached hydrogens (tertiary/aromatic N) is 5. The van der Waals surface area contributed by atoms with E-state index < -0.39 is 0 Å². The number of guanidine groups is 1. The lowest BCUT2D eigenvalue weighted by atomic mass is 10.3. The van der Waals surface area contributed by atoms with Crippen LogP contribution in [0.1, 0.15) is 13.8 Å². The van der Waals surface area contributed by atoms with Crippen LogP contribution in [0.4, 0.5) is 5.95 Å². The van der Waals surface area contributed by atoms with Gasteiger partial charge in [-0.3, -0.25) is 4.79 Å². The van der Waals surface area contributed by atoms with Gasteiger partial charge in [-0.25, -0.2) is 9.98 Å². The summed E-state index contributed by atoms with van der Waals surface area (Å²) < 4.78 is 5.97. The second kappa shape index (κ2) is 10.1. The van der Waals surface area contributed by atoms with E-state index in [9.17, 15) is 4.79 Å². The van der Waals surface area contributed by atoms with Gasteiger partial charge in [-0.15, -0.1) is 0 Å². The Bertz CT molecular complexity index is 633. The van der Waals surface area contributed by atoms with Crippen LogP contribution >= 0.6 is 15.9 Å². The molecular weight excluding hydrogens is 402 g/mol. The van der Waals surface area contributed by atoms with Crippen LogP contribution < -0.4 is 20.3 Å². The molecule has 0 radical (unpaired) electrons. The number of aliphatic imine (C=N–C) groups is 1. The normalized spacial score (nSPS) is 15.0. The standard InChI is InChI=1S/C16H26BrN7O2/c1-4-18-13(25)11-21-15(19-5-2)23-6-8-24(9-7-23)16-20-10-12(17)14(22-16)26-3/h10H,4-9,11H2,1-3H3,(H,18,25)(H,19,21). The lowest BCUT2D eigenvalue weighted by Gasteiger charge is -2.36. The summed E-state index contributed by atoms with van der Waals surface area (Å²) in [7, 11) is 1.59. The molecule has 144 valence electrons. The lowest BCUT2D eigenvalue weighted by molar-refractivity contribution is -0.119. The van der Waals surface area contributed by atoms with Crippen molar-refractivity contribution in [3.8, 4) is 5.88 Å². The maximum Gasteiger partial charge on any atom is 0.241 e. The molecule has 1 saturated heterocycles. The topological polar surface area (TPSA) is 95.0 Å². The van der Waals surface area contributed by atoms with E-state index in [-0.39, 0.29) is 12.5 Å². The minimum Gasteiger partial charge on any atom is -0.480 e. The first-order chi connectivity index (χ1) is 12.6. The highest BCUT2D eigenvalue weighted by Crippen LogP contribution is 2.23. The minimum absolute atomic E-state index is 0.0723. The number of aromatic nitrogens is 2. The molecule has 0 atom stereocenters. The van der Waals surface area contributed by atoms with Crippen LogP contribution in [0, 0.1) is 0 Å². The van der Waals surface area contributed by atoms with E-state index in [4.69, 9.17) is 4.74 Å². The van der Waals surface area contributed by atoms with Crippen LogP contribution in [0.5, 0.6) is 5.88 Å². The molecule has 9 nitrogen and oxygen atoms in total. The maximum absolute atomic E-state index is 11.7. The molecule has 0 spiro atoms. The molecule has 26 heavy (non-hydrogen) atoms. The number of hydrogen-bond acceptors (Lipinski definition) is 6. The number of ether oxygens (including phenoxy) is 1. The first kappa shape index (κ1) is 20.2. The zero-order chi connectivity index (χ0) is 18.9. The second-order valence-corrected chi connectivity index (χ2v) is 6.48. The molecule has 0 unspecified atom stereocenters. The molecule has 2 N–H and O–H groups in total. The first-order valence-electron chi connectivity index (χ1n) is 8.70. The molecule has 10 heteroatoms. The van der Waals surface area contributed by atoms with Gasteiger partial charge in [0.15, 0.2) is 5.96 Å². The highest BCUT2D eigenvalue weighted by Gasteiger charge is 2.22. The zero-order valence-corrected chi connectivity index (χ0v) is 17.0. The number of rotatable bonds is 6. The number of hydrogen-bond donors (Lipinski definition) is 2. The van der Waals surface area contributed by atoms with Crippen molar-refractivity contribution in [1.29, 1.82) is 0 Å². The maximum atomic E-state index is 11.7. The molecule has 1 aliphatic heterocycles. The number of likely N-dealkylation sites (N-methyl/N-ethyl adjacent to an activating group) is 1. The number of carbonyl (C=O) groups excluding carboxylic acids is 1. The molecule has 2 heterocycles. The van der Waals surface area contributed by atoms with Gasteiger partial charge in [0.05, 0.1) is 17.8 Å². The number of halogens is 1. The third kappa shape index (κ3) is 5.45. The van der Waals surface area contributed by atoms with E-state index in [1.165, 1.54) is 0 Å². The molecule has 2 rings (SSSR count). The molecular formula is C16H26BrN7O2. The Balaban J connectivity index is 1.98. The molecule has 0 bridgehead atoms. The van der Waals surface area contributed by atoms with Gasteiger partial charge in [0.25, 0.3) is 0 Å². The zero-order valence-electron chi connectivity index (χ0n) is 15.5. The van der Waals surface area contributed by atoms with Gasteiger partial charge in [0.2, 0.25) is 17.7 Å². The second-order valence-electron chi connectivity index (χ2n) is 5.62. The van der Waals surface area contributed by atoms with Gasteiger partial charge in [-0.1, -0.05) is 0 Å². The Morgan fingerprint density at radius 3 is 2.58 bits per heavy atom. The Kier molecular flexibility index (Phi) is 7.89. The SMILES string of the molecule is CCNC(=O)CN=C(NCC)N1CCN(c2ncc(Br)c(OC)n2)CC1. The number of anilines is 1. The number of carbonyl (C=O) groups is 1. The van der Waals surface area contributed by atoms with E-state index in [2.05, 4.69) is 51.3 Å². The van der Waals surface area contributed by atoms with Crippen molar-refractivity contribution in [1.82, 2.24) is 25.5 Å². The van der Waals surface area contributed by atoms with Crippen molar-refractivity contribution < 1.29 is 9.53 Å². The van der Waals surface area contributed by atoms with Crippen LogP contribution in [0.25, 0.3) is 0 Å². The molecule has 0 aromatic carbocycles. The quantitative estimate of drug-likeness (QED) is 0.503. The van der Waals surface area contributed by atoms with Crippen LogP contribution in [0.2, 0.25) is 0 Å². The van der Waals surface area contributed by atoms with Crippen LogP contribution in [0.3, 0.4) is 0 Å². The Morgan fingerprint density at radius 2 is 1.96 bits per heavy atom. The molecule has 1 aromatic heterocycles. The average Bonchev–Trinajstić information content (AvgIpc) is 2.66. The van der Waals surface area contributed by atoms with E-state index in [1.54, 1.807) is 13.3 Å². The summed E-state index contributed by atoms with van der Waals surface area (Å²) in [5.41, 5.74) is 0.